The lowest BCUT2D eigenvalue weighted by atomic mass is 10.0. The third-order valence-corrected chi connectivity index (χ3v) is 4.46. The van der Waals surface area contributed by atoms with E-state index in [4.69, 9.17) is 0 Å². The van der Waals surface area contributed by atoms with E-state index in [1.807, 2.05) is 6.07 Å². The topological polar surface area (TPSA) is 15.3 Å². The summed E-state index contributed by atoms with van der Waals surface area (Å²) in [5.74, 6) is -0.191. The van der Waals surface area contributed by atoms with Crippen LogP contribution < -0.4 is 5.32 Å². The second-order valence-corrected chi connectivity index (χ2v) is 6.09. The number of hydrogen-bond acceptors (Lipinski definition) is 2. The summed E-state index contributed by atoms with van der Waals surface area (Å²) in [6.45, 7) is 6.64. The van der Waals surface area contributed by atoms with Crippen LogP contribution in [-0.4, -0.2) is 30.6 Å². The van der Waals surface area contributed by atoms with Crippen molar-refractivity contribution in [2.45, 2.75) is 38.8 Å². The van der Waals surface area contributed by atoms with Crippen LogP contribution in [-0.2, 0) is 6.54 Å². The zero-order valence-corrected chi connectivity index (χ0v) is 13.0. The molecule has 2 rings (SSSR count). The summed E-state index contributed by atoms with van der Waals surface area (Å²) < 4.78 is 13.9. The minimum Gasteiger partial charge on any atom is -0.310 e. The van der Waals surface area contributed by atoms with E-state index >= 15 is 0 Å². The summed E-state index contributed by atoms with van der Waals surface area (Å²) >= 11 is 3.41. The Morgan fingerprint density at radius 1 is 1.37 bits per heavy atom. The van der Waals surface area contributed by atoms with Crippen LogP contribution in [0.1, 0.15) is 31.7 Å². The highest BCUT2D eigenvalue weighted by Gasteiger charge is 2.18. The molecule has 0 saturated carbocycles. The number of rotatable bonds is 5. The summed E-state index contributed by atoms with van der Waals surface area (Å²) in [6.07, 6.45) is 3.65. The second-order valence-electron chi connectivity index (χ2n) is 5.23. The molecular weight excluding hydrogens is 307 g/mol. The predicted octanol–water partition coefficient (Wildman–Crippen LogP) is 3.55. The predicted molar refractivity (Wildman–Crippen MR) is 80.7 cm³/mol. The molecule has 0 amide bonds. The lowest BCUT2D eigenvalue weighted by molar-refractivity contribution is 0.197. The van der Waals surface area contributed by atoms with E-state index in [0.29, 0.717) is 6.04 Å². The van der Waals surface area contributed by atoms with Crippen LogP contribution in [0.5, 0.6) is 0 Å². The van der Waals surface area contributed by atoms with Crippen molar-refractivity contribution in [1.29, 1.82) is 0 Å². The van der Waals surface area contributed by atoms with E-state index in [0.717, 1.165) is 16.6 Å². The zero-order chi connectivity index (χ0) is 13.7. The molecule has 0 atom stereocenters. The highest BCUT2D eigenvalue weighted by molar-refractivity contribution is 9.10. The third-order valence-electron chi connectivity index (χ3n) is 3.72. The van der Waals surface area contributed by atoms with Crippen LogP contribution in [0.4, 0.5) is 4.39 Å². The fourth-order valence-corrected chi connectivity index (χ4v) is 3.09. The van der Waals surface area contributed by atoms with Crippen LogP contribution in [0.25, 0.3) is 0 Å². The van der Waals surface area contributed by atoms with Gasteiger partial charge in [0.05, 0.1) is 0 Å². The normalized spacial score (nSPS) is 17.8. The van der Waals surface area contributed by atoms with Crippen molar-refractivity contribution >= 4 is 15.9 Å². The molecule has 1 aromatic carbocycles. The summed E-state index contributed by atoms with van der Waals surface area (Å²) in [4.78, 5) is 2.53. The van der Waals surface area contributed by atoms with Crippen molar-refractivity contribution in [3.63, 3.8) is 0 Å². The smallest absolute Gasteiger partial charge is 0.124 e. The van der Waals surface area contributed by atoms with Gasteiger partial charge in [-0.25, -0.2) is 4.39 Å². The molecule has 4 heteroatoms. The first kappa shape index (κ1) is 14.9. The van der Waals surface area contributed by atoms with Crippen molar-refractivity contribution in [3.8, 4) is 0 Å². The molecule has 0 unspecified atom stereocenters. The number of nitrogens with one attached hydrogen (secondary N) is 1. The van der Waals surface area contributed by atoms with E-state index in [2.05, 4.69) is 33.1 Å². The van der Waals surface area contributed by atoms with Crippen LogP contribution in [0, 0.1) is 5.82 Å². The molecule has 1 fully saturated rings. The molecule has 19 heavy (non-hydrogen) atoms. The molecule has 0 spiro atoms. The molecule has 0 aliphatic carbocycles. The van der Waals surface area contributed by atoms with Gasteiger partial charge in [0.2, 0.25) is 0 Å². The molecule has 1 saturated heterocycles. The number of benzene rings is 1. The van der Waals surface area contributed by atoms with Crippen molar-refractivity contribution in [2.24, 2.45) is 0 Å². The first-order valence-electron chi connectivity index (χ1n) is 7.08. The molecule has 1 aliphatic heterocycles. The van der Waals surface area contributed by atoms with Crippen LogP contribution in [0.15, 0.2) is 22.7 Å². The van der Waals surface area contributed by atoms with Gasteiger partial charge < -0.3 is 10.2 Å². The molecule has 1 aliphatic rings. The van der Waals surface area contributed by atoms with Crippen LogP contribution >= 0.6 is 15.9 Å². The molecule has 2 nitrogen and oxygen atoms in total. The number of halogens is 2. The number of nitrogens with zero attached hydrogens (tertiary/aromatic N) is 1. The lowest BCUT2D eigenvalue weighted by Crippen LogP contribution is -2.42. The quantitative estimate of drug-likeness (QED) is 0.889. The van der Waals surface area contributed by atoms with Gasteiger partial charge in [-0.05, 0) is 56.6 Å². The molecule has 1 N–H and O–H groups in total. The summed E-state index contributed by atoms with van der Waals surface area (Å²) in [5.41, 5.74) is 1.12. The SMILES string of the molecule is CCCN1CCC(NCc2ccc(F)cc2Br)CC1. The van der Waals surface area contributed by atoms with Gasteiger partial charge in [0.15, 0.2) is 0 Å². The lowest BCUT2D eigenvalue weighted by Gasteiger charge is -2.32. The Labute approximate surface area is 123 Å². The van der Waals surface area contributed by atoms with Crippen LogP contribution in [0.2, 0.25) is 0 Å². The first-order valence-corrected chi connectivity index (χ1v) is 7.88. The Bertz CT molecular complexity index is 403. The van der Waals surface area contributed by atoms with E-state index in [1.54, 1.807) is 0 Å². The molecule has 0 bridgehead atoms. The number of hydrogen-bond donors (Lipinski definition) is 1. The Hall–Kier alpha value is -0.450. The van der Waals surface area contributed by atoms with Gasteiger partial charge in [-0.15, -0.1) is 0 Å². The fraction of sp³-hybridized carbons (Fsp3) is 0.600. The minimum absolute atomic E-state index is 0.191. The van der Waals surface area contributed by atoms with E-state index in [9.17, 15) is 4.39 Å². The summed E-state index contributed by atoms with van der Waals surface area (Å²) in [5, 5.41) is 3.58. The molecule has 1 aromatic rings. The summed E-state index contributed by atoms with van der Waals surface area (Å²) in [7, 11) is 0. The monoisotopic (exact) mass is 328 g/mol. The largest absolute Gasteiger partial charge is 0.310 e. The van der Waals surface area contributed by atoms with Gasteiger partial charge in [-0.2, -0.15) is 0 Å². The van der Waals surface area contributed by atoms with Gasteiger partial charge in [0, 0.05) is 17.1 Å². The third kappa shape index (κ3) is 4.55. The Morgan fingerprint density at radius 3 is 2.74 bits per heavy atom. The molecule has 1 heterocycles. The van der Waals surface area contributed by atoms with E-state index in [1.165, 1.54) is 51.0 Å². The molecule has 0 aromatic heterocycles. The van der Waals surface area contributed by atoms with Gasteiger partial charge in [0.1, 0.15) is 5.82 Å². The first-order chi connectivity index (χ1) is 9.19. The Balaban J connectivity index is 1.77. The number of piperidine rings is 1. The maximum absolute atomic E-state index is 13.0. The van der Waals surface area contributed by atoms with Crippen molar-refractivity contribution < 1.29 is 4.39 Å². The zero-order valence-electron chi connectivity index (χ0n) is 11.5. The molecule has 0 radical (unpaired) electrons. The molecular formula is C15H22BrFN2. The average molecular weight is 329 g/mol. The molecule has 106 valence electrons. The van der Waals surface area contributed by atoms with Crippen molar-refractivity contribution in [3.05, 3.63) is 34.1 Å². The highest BCUT2D eigenvalue weighted by Crippen LogP contribution is 2.19. The number of likely N-dealkylation sites (tertiary alicyclic amines) is 1. The van der Waals surface area contributed by atoms with Gasteiger partial charge in [-0.1, -0.05) is 28.9 Å². The van der Waals surface area contributed by atoms with Gasteiger partial charge in [0.25, 0.3) is 0 Å². The van der Waals surface area contributed by atoms with E-state index < -0.39 is 0 Å². The standard InChI is InChI=1S/C15H22BrFN2/c1-2-7-19-8-5-14(6-9-19)18-11-12-3-4-13(17)10-15(12)16/h3-4,10,14,18H,2,5-9,11H2,1H3. The second kappa shape index (κ2) is 7.36. The Morgan fingerprint density at radius 2 is 2.11 bits per heavy atom. The van der Waals surface area contributed by atoms with Crippen molar-refractivity contribution in [1.82, 2.24) is 10.2 Å². The maximum Gasteiger partial charge on any atom is 0.124 e. The van der Waals surface area contributed by atoms with Crippen LogP contribution in [0.3, 0.4) is 0 Å². The highest BCUT2D eigenvalue weighted by atomic mass is 79.9. The van der Waals surface area contributed by atoms with E-state index in [-0.39, 0.29) is 5.82 Å². The maximum atomic E-state index is 13.0. The van der Waals surface area contributed by atoms with Crippen molar-refractivity contribution in [2.75, 3.05) is 19.6 Å². The Kier molecular flexibility index (Phi) is 5.79. The summed E-state index contributed by atoms with van der Waals surface area (Å²) in [6, 6.07) is 5.48. The van der Waals surface area contributed by atoms with Gasteiger partial charge >= 0.3 is 0 Å². The van der Waals surface area contributed by atoms with Gasteiger partial charge in [-0.3, -0.25) is 0 Å². The minimum atomic E-state index is -0.191. The average Bonchev–Trinajstić information content (AvgIpc) is 2.40. The fourth-order valence-electron chi connectivity index (χ4n) is 2.60.